The van der Waals surface area contributed by atoms with E-state index in [9.17, 15) is 9.18 Å². The molecule has 92 valence electrons. The van der Waals surface area contributed by atoms with Gasteiger partial charge in [-0.2, -0.15) is 0 Å². The van der Waals surface area contributed by atoms with Crippen molar-refractivity contribution in [1.82, 2.24) is 5.32 Å². The van der Waals surface area contributed by atoms with Crippen molar-refractivity contribution in [3.05, 3.63) is 34.1 Å². The first kappa shape index (κ1) is 12.7. The first-order valence-corrected chi connectivity index (χ1v) is 6.58. The molecule has 0 radical (unpaired) electrons. The van der Waals surface area contributed by atoms with Crippen molar-refractivity contribution in [2.45, 2.75) is 31.7 Å². The largest absolute Gasteiger partial charge is 0.305 e. The van der Waals surface area contributed by atoms with E-state index in [0.717, 1.165) is 25.8 Å². The van der Waals surface area contributed by atoms with Crippen LogP contribution in [0.3, 0.4) is 0 Å². The second kappa shape index (κ2) is 4.86. The van der Waals surface area contributed by atoms with Crippen molar-refractivity contribution >= 4 is 21.7 Å². The first-order chi connectivity index (χ1) is 8.04. The molecule has 2 rings (SSSR count). The van der Waals surface area contributed by atoms with Crippen LogP contribution in [0.1, 0.15) is 36.5 Å². The minimum Gasteiger partial charge on any atom is -0.305 e. The molecule has 1 heterocycles. The molecule has 0 aliphatic carbocycles. The van der Waals surface area contributed by atoms with E-state index in [2.05, 4.69) is 21.2 Å². The van der Waals surface area contributed by atoms with Gasteiger partial charge in [-0.1, -0.05) is 6.07 Å². The standard InChI is InChI=1S/C13H15BrFNO/c1-13(7-2-3-8-16-13)12(17)9-5-4-6-10(14)11(9)15/h4-6,16H,2-3,7-8H2,1H3. The van der Waals surface area contributed by atoms with Gasteiger partial charge in [0.1, 0.15) is 5.82 Å². The smallest absolute Gasteiger partial charge is 0.185 e. The van der Waals surface area contributed by atoms with Crippen LogP contribution in [-0.4, -0.2) is 17.9 Å². The molecule has 4 heteroatoms. The summed E-state index contributed by atoms with van der Waals surface area (Å²) in [6.45, 7) is 2.67. The molecule has 0 bridgehead atoms. The van der Waals surface area contributed by atoms with Crippen molar-refractivity contribution in [3.63, 3.8) is 0 Å². The van der Waals surface area contributed by atoms with Crippen molar-refractivity contribution < 1.29 is 9.18 Å². The van der Waals surface area contributed by atoms with Gasteiger partial charge in [0.05, 0.1) is 15.6 Å². The molecule has 0 aromatic heterocycles. The summed E-state index contributed by atoms with van der Waals surface area (Å²) in [5.74, 6) is -0.623. The van der Waals surface area contributed by atoms with Crippen LogP contribution in [0.15, 0.2) is 22.7 Å². The molecular weight excluding hydrogens is 285 g/mol. The number of benzene rings is 1. The van der Waals surface area contributed by atoms with Crippen molar-refractivity contribution in [2.75, 3.05) is 6.54 Å². The van der Waals surface area contributed by atoms with E-state index < -0.39 is 11.4 Å². The molecule has 1 aromatic carbocycles. The van der Waals surface area contributed by atoms with Crippen LogP contribution < -0.4 is 5.32 Å². The monoisotopic (exact) mass is 299 g/mol. The Morgan fingerprint density at radius 3 is 2.88 bits per heavy atom. The third-order valence-electron chi connectivity index (χ3n) is 3.32. The van der Waals surface area contributed by atoms with Gasteiger partial charge in [0.2, 0.25) is 0 Å². The summed E-state index contributed by atoms with van der Waals surface area (Å²) in [7, 11) is 0. The Bertz CT molecular complexity index is 441. The molecule has 0 amide bonds. The fourth-order valence-electron chi connectivity index (χ4n) is 2.23. The fourth-order valence-corrected chi connectivity index (χ4v) is 2.59. The Hall–Kier alpha value is -0.740. The van der Waals surface area contributed by atoms with Gasteiger partial charge in [0, 0.05) is 0 Å². The molecule has 1 aromatic rings. The molecule has 1 fully saturated rings. The number of hydrogen-bond donors (Lipinski definition) is 1. The molecule has 2 nitrogen and oxygen atoms in total. The van der Waals surface area contributed by atoms with Crippen LogP contribution in [-0.2, 0) is 0 Å². The highest BCUT2D eigenvalue weighted by Gasteiger charge is 2.36. The minimum absolute atomic E-state index is 0.156. The van der Waals surface area contributed by atoms with E-state index in [-0.39, 0.29) is 11.3 Å². The highest BCUT2D eigenvalue weighted by atomic mass is 79.9. The molecule has 0 saturated carbocycles. The number of carbonyl (C=O) groups excluding carboxylic acids is 1. The Balaban J connectivity index is 2.33. The van der Waals surface area contributed by atoms with Crippen LogP contribution in [0.25, 0.3) is 0 Å². The van der Waals surface area contributed by atoms with Gasteiger partial charge >= 0.3 is 0 Å². The molecule has 1 saturated heterocycles. The van der Waals surface area contributed by atoms with Crippen LogP contribution >= 0.6 is 15.9 Å². The van der Waals surface area contributed by atoms with Crippen LogP contribution in [0.4, 0.5) is 4.39 Å². The quantitative estimate of drug-likeness (QED) is 0.849. The zero-order valence-electron chi connectivity index (χ0n) is 9.72. The van der Waals surface area contributed by atoms with E-state index in [1.165, 1.54) is 0 Å². The number of nitrogens with one attached hydrogen (secondary N) is 1. The number of ketones is 1. The third-order valence-corrected chi connectivity index (χ3v) is 3.93. The lowest BCUT2D eigenvalue weighted by atomic mass is 9.83. The number of piperidine rings is 1. The fraction of sp³-hybridized carbons (Fsp3) is 0.462. The average molecular weight is 300 g/mol. The number of hydrogen-bond acceptors (Lipinski definition) is 2. The summed E-state index contributed by atoms with van der Waals surface area (Å²) in [6, 6.07) is 4.83. The molecule has 1 aliphatic heterocycles. The van der Waals surface area contributed by atoms with Crippen LogP contribution in [0, 0.1) is 5.82 Å². The highest BCUT2D eigenvalue weighted by Crippen LogP contribution is 2.27. The molecule has 17 heavy (non-hydrogen) atoms. The predicted molar refractivity (Wildman–Crippen MR) is 68.7 cm³/mol. The predicted octanol–water partition coefficient (Wildman–Crippen LogP) is 3.30. The lowest BCUT2D eigenvalue weighted by Gasteiger charge is -2.33. The van der Waals surface area contributed by atoms with Gasteiger partial charge in [0.15, 0.2) is 5.78 Å². The summed E-state index contributed by atoms with van der Waals surface area (Å²) in [5.41, 5.74) is -0.462. The SMILES string of the molecule is CC1(C(=O)c2cccc(Br)c2F)CCCCN1. The Morgan fingerprint density at radius 2 is 2.24 bits per heavy atom. The maximum Gasteiger partial charge on any atom is 0.185 e. The van der Waals surface area contributed by atoms with Gasteiger partial charge < -0.3 is 5.32 Å². The van der Waals surface area contributed by atoms with Crippen LogP contribution in [0.2, 0.25) is 0 Å². The third kappa shape index (κ3) is 2.43. The van der Waals surface area contributed by atoms with E-state index in [1.54, 1.807) is 18.2 Å². The molecule has 1 atom stereocenters. The molecule has 1 aliphatic rings. The number of rotatable bonds is 2. The maximum absolute atomic E-state index is 13.9. The van der Waals surface area contributed by atoms with Gasteiger partial charge in [-0.05, 0) is 60.8 Å². The zero-order valence-corrected chi connectivity index (χ0v) is 11.3. The van der Waals surface area contributed by atoms with E-state index in [4.69, 9.17) is 0 Å². The normalized spacial score (nSPS) is 24.6. The Labute approximate surface area is 109 Å². The Kier molecular flexibility index (Phi) is 3.64. The van der Waals surface area contributed by atoms with E-state index in [0.29, 0.717) is 4.47 Å². The molecule has 1 unspecified atom stereocenters. The van der Waals surface area contributed by atoms with Crippen molar-refractivity contribution in [1.29, 1.82) is 0 Å². The second-order valence-electron chi connectivity index (χ2n) is 4.65. The van der Waals surface area contributed by atoms with Gasteiger partial charge in [-0.25, -0.2) is 4.39 Å². The summed E-state index contributed by atoms with van der Waals surface area (Å²) in [5, 5.41) is 3.21. The highest BCUT2D eigenvalue weighted by molar-refractivity contribution is 9.10. The summed E-state index contributed by atoms with van der Waals surface area (Å²) >= 11 is 3.11. The van der Waals surface area contributed by atoms with Gasteiger partial charge in [-0.15, -0.1) is 0 Å². The van der Waals surface area contributed by atoms with Gasteiger partial charge in [-0.3, -0.25) is 4.79 Å². The average Bonchev–Trinajstić information content (AvgIpc) is 2.33. The zero-order chi connectivity index (χ0) is 12.5. The van der Waals surface area contributed by atoms with Crippen molar-refractivity contribution in [3.8, 4) is 0 Å². The number of Topliss-reactive ketones (excluding diaryl/α,β-unsaturated/α-hetero) is 1. The van der Waals surface area contributed by atoms with Crippen LogP contribution in [0.5, 0.6) is 0 Å². The van der Waals surface area contributed by atoms with E-state index in [1.807, 2.05) is 6.92 Å². The number of carbonyl (C=O) groups is 1. The molecular formula is C13H15BrFNO. The maximum atomic E-state index is 13.9. The lowest BCUT2D eigenvalue weighted by molar-refractivity contribution is 0.0830. The molecule has 1 N–H and O–H groups in total. The Morgan fingerprint density at radius 1 is 1.47 bits per heavy atom. The minimum atomic E-state index is -0.625. The van der Waals surface area contributed by atoms with Crippen molar-refractivity contribution in [2.24, 2.45) is 0 Å². The molecule has 0 spiro atoms. The number of halogens is 2. The van der Waals surface area contributed by atoms with Gasteiger partial charge in [0.25, 0.3) is 0 Å². The summed E-state index contributed by atoms with van der Waals surface area (Å²) in [6.07, 6.45) is 2.84. The summed E-state index contributed by atoms with van der Waals surface area (Å²) < 4.78 is 14.2. The summed E-state index contributed by atoms with van der Waals surface area (Å²) in [4.78, 5) is 12.4. The topological polar surface area (TPSA) is 29.1 Å². The van der Waals surface area contributed by atoms with E-state index >= 15 is 0 Å². The second-order valence-corrected chi connectivity index (χ2v) is 5.50. The lowest BCUT2D eigenvalue weighted by Crippen LogP contribution is -2.52. The first-order valence-electron chi connectivity index (χ1n) is 5.78.